The number of ketones is 2. The molecule has 2 spiro atoms. The van der Waals surface area contributed by atoms with E-state index in [1.807, 2.05) is 60.7 Å². The smallest absolute Gasteiger partial charge is 0.356 e. The summed E-state index contributed by atoms with van der Waals surface area (Å²) in [5.74, 6) is -2.76. The van der Waals surface area contributed by atoms with Crippen molar-refractivity contribution in [3.8, 4) is 0 Å². The molecule has 2 heterocycles. The molecule has 0 radical (unpaired) electrons. The Morgan fingerprint density at radius 2 is 0.841 bits per heavy atom. The predicted molar refractivity (Wildman–Crippen MR) is 156 cm³/mol. The normalized spacial score (nSPS) is 19.7. The molecule has 10 nitrogen and oxygen atoms in total. The summed E-state index contributed by atoms with van der Waals surface area (Å²) >= 11 is 0. The van der Waals surface area contributed by atoms with Crippen molar-refractivity contribution in [2.24, 2.45) is 0 Å². The molecule has 2 fully saturated rings. The van der Waals surface area contributed by atoms with Crippen LogP contribution in [0.15, 0.2) is 134 Å². The summed E-state index contributed by atoms with van der Waals surface area (Å²) in [7, 11) is 0. The minimum Gasteiger partial charge on any atom is -0.436 e. The van der Waals surface area contributed by atoms with Gasteiger partial charge in [0.15, 0.2) is 11.6 Å². The van der Waals surface area contributed by atoms with Crippen molar-refractivity contribution in [1.29, 1.82) is 0 Å². The van der Waals surface area contributed by atoms with Gasteiger partial charge in [-0.1, -0.05) is 73.8 Å². The maximum absolute atomic E-state index is 12.7. The average Bonchev–Trinajstić information content (AvgIpc) is 3.03. The zero-order valence-electron chi connectivity index (χ0n) is 23.4. The number of carbonyl (C=O) groups excluding carboxylic acids is 6. The van der Waals surface area contributed by atoms with Gasteiger partial charge in [-0.3, -0.25) is 29.0 Å². The lowest BCUT2D eigenvalue weighted by atomic mass is 9.93. The van der Waals surface area contributed by atoms with E-state index in [1.54, 1.807) is 0 Å². The van der Waals surface area contributed by atoms with Gasteiger partial charge in [0.05, 0.1) is 13.1 Å². The van der Waals surface area contributed by atoms with E-state index in [0.29, 0.717) is 0 Å². The molecular formula is C34H26N2O8. The van der Waals surface area contributed by atoms with Gasteiger partial charge in [0.25, 0.3) is 11.8 Å². The number of morpholine rings is 2. The monoisotopic (exact) mass is 590 g/mol. The predicted octanol–water partition coefficient (Wildman–Crippen LogP) is 3.04. The van der Waals surface area contributed by atoms with E-state index < -0.39 is 35.0 Å². The molecular weight excluding hydrogens is 564 g/mol. The van der Waals surface area contributed by atoms with Crippen LogP contribution in [0.25, 0.3) is 0 Å². The SMILES string of the molecule is C=C1C(=O)OC2(C=CC(=O)C=C2)C(=O)N1Cc1ccccc1.C=C1C(=O)OC2(C=CC(=O)C=C2)C(=O)N1Cc1ccccc1. The lowest BCUT2D eigenvalue weighted by Gasteiger charge is -2.38. The van der Waals surface area contributed by atoms with Crippen LogP contribution in [-0.2, 0) is 51.3 Å². The highest BCUT2D eigenvalue weighted by molar-refractivity contribution is 6.09. The first-order valence-electron chi connectivity index (χ1n) is 13.4. The number of rotatable bonds is 4. The standard InChI is InChI=1S/2C17H13NO4/c2*1-12-15(20)22-17(9-7-14(19)8-10-17)16(21)18(12)11-13-5-3-2-4-6-13/h2*2-10H,1,11H2. The van der Waals surface area contributed by atoms with Crippen LogP contribution in [0, 0.1) is 0 Å². The molecule has 44 heavy (non-hydrogen) atoms. The van der Waals surface area contributed by atoms with Crippen LogP contribution >= 0.6 is 0 Å². The molecule has 0 unspecified atom stereocenters. The Morgan fingerprint density at radius 3 is 1.16 bits per heavy atom. The summed E-state index contributed by atoms with van der Waals surface area (Å²) in [6.45, 7) is 7.69. The van der Waals surface area contributed by atoms with Gasteiger partial charge in [0.2, 0.25) is 11.2 Å². The van der Waals surface area contributed by atoms with Crippen molar-refractivity contribution in [2.45, 2.75) is 24.3 Å². The van der Waals surface area contributed by atoms with E-state index in [9.17, 15) is 28.8 Å². The Kier molecular flexibility index (Phi) is 7.91. The Hall–Kier alpha value is -5.90. The highest BCUT2D eigenvalue weighted by Gasteiger charge is 2.49. The maximum atomic E-state index is 12.7. The quantitative estimate of drug-likeness (QED) is 0.393. The fraction of sp³-hybridized carbons (Fsp3) is 0.118. The van der Waals surface area contributed by atoms with Crippen molar-refractivity contribution in [3.05, 3.63) is 145 Å². The van der Waals surface area contributed by atoms with Gasteiger partial charge < -0.3 is 9.47 Å². The second kappa shape index (κ2) is 11.8. The first-order chi connectivity index (χ1) is 21.0. The van der Waals surface area contributed by atoms with E-state index in [0.717, 1.165) is 11.1 Å². The Morgan fingerprint density at radius 1 is 0.523 bits per heavy atom. The van der Waals surface area contributed by atoms with Crippen LogP contribution in [-0.4, -0.2) is 56.3 Å². The van der Waals surface area contributed by atoms with Crippen LogP contribution in [0.4, 0.5) is 0 Å². The lowest BCUT2D eigenvalue weighted by Crippen LogP contribution is -2.55. The minimum absolute atomic E-state index is 0.0156. The zero-order chi connectivity index (χ0) is 31.5. The number of esters is 2. The van der Waals surface area contributed by atoms with E-state index in [4.69, 9.17) is 9.47 Å². The highest BCUT2D eigenvalue weighted by atomic mass is 16.6. The molecule has 0 atom stereocenters. The summed E-state index contributed by atoms with van der Waals surface area (Å²) in [5.41, 5.74) is -1.41. The van der Waals surface area contributed by atoms with Crippen LogP contribution in [0.5, 0.6) is 0 Å². The third kappa shape index (κ3) is 5.73. The molecule has 2 aromatic rings. The molecule has 2 amide bonds. The molecule has 0 aromatic heterocycles. The minimum atomic E-state index is -1.55. The van der Waals surface area contributed by atoms with Crippen molar-refractivity contribution >= 4 is 35.3 Å². The van der Waals surface area contributed by atoms with Crippen LogP contribution in [0.1, 0.15) is 11.1 Å². The van der Waals surface area contributed by atoms with Crippen molar-refractivity contribution < 1.29 is 38.2 Å². The number of carbonyl (C=O) groups is 6. The summed E-state index contributed by atoms with van der Waals surface area (Å²) in [6.07, 6.45) is 10.1. The number of hydrogen-bond donors (Lipinski definition) is 0. The van der Waals surface area contributed by atoms with E-state index >= 15 is 0 Å². The molecule has 0 N–H and O–H groups in total. The van der Waals surface area contributed by atoms with Gasteiger partial charge in [-0.25, -0.2) is 9.59 Å². The average molecular weight is 591 g/mol. The number of benzene rings is 2. The molecule has 2 saturated heterocycles. The number of ether oxygens (including phenoxy) is 2. The van der Waals surface area contributed by atoms with E-state index in [-0.39, 0.29) is 36.1 Å². The third-order valence-electron chi connectivity index (χ3n) is 7.15. The molecule has 4 aliphatic rings. The van der Waals surface area contributed by atoms with Crippen molar-refractivity contribution in [1.82, 2.24) is 9.80 Å². The number of amides is 2. The Balaban J connectivity index is 0.000000175. The largest absolute Gasteiger partial charge is 0.436 e. The molecule has 220 valence electrons. The van der Waals surface area contributed by atoms with E-state index in [2.05, 4.69) is 13.2 Å². The fourth-order valence-electron chi connectivity index (χ4n) is 4.73. The summed E-state index contributed by atoms with van der Waals surface area (Å²) in [6, 6.07) is 18.5. The Labute approximate surface area is 252 Å². The van der Waals surface area contributed by atoms with Crippen LogP contribution in [0.2, 0.25) is 0 Å². The lowest BCUT2D eigenvalue weighted by molar-refractivity contribution is -0.170. The number of allylic oxidation sites excluding steroid dienone is 4. The number of hydrogen-bond acceptors (Lipinski definition) is 8. The number of nitrogens with zero attached hydrogens (tertiary/aromatic N) is 2. The van der Waals surface area contributed by atoms with Crippen LogP contribution < -0.4 is 0 Å². The molecule has 2 aliphatic heterocycles. The molecule has 2 aromatic carbocycles. The Bertz CT molecular complexity index is 1560. The van der Waals surface area contributed by atoms with Crippen LogP contribution in [0.3, 0.4) is 0 Å². The zero-order valence-corrected chi connectivity index (χ0v) is 23.4. The first kappa shape index (κ1) is 29.6. The van der Waals surface area contributed by atoms with Gasteiger partial charge in [0.1, 0.15) is 11.4 Å². The van der Waals surface area contributed by atoms with Gasteiger partial charge >= 0.3 is 11.9 Å². The summed E-state index contributed by atoms with van der Waals surface area (Å²) in [5, 5.41) is 0. The summed E-state index contributed by atoms with van der Waals surface area (Å²) < 4.78 is 10.4. The summed E-state index contributed by atoms with van der Waals surface area (Å²) in [4.78, 5) is 74.6. The van der Waals surface area contributed by atoms with Gasteiger partial charge in [0, 0.05) is 0 Å². The van der Waals surface area contributed by atoms with Crippen molar-refractivity contribution in [2.75, 3.05) is 0 Å². The topological polar surface area (TPSA) is 127 Å². The molecule has 0 bridgehead atoms. The first-order valence-corrected chi connectivity index (χ1v) is 13.4. The van der Waals surface area contributed by atoms with E-state index in [1.165, 1.54) is 58.4 Å². The van der Waals surface area contributed by atoms with Gasteiger partial charge in [-0.15, -0.1) is 0 Å². The fourth-order valence-corrected chi connectivity index (χ4v) is 4.73. The van der Waals surface area contributed by atoms with Gasteiger partial charge in [-0.05, 0) is 59.7 Å². The highest BCUT2D eigenvalue weighted by Crippen LogP contribution is 2.32. The second-order valence-corrected chi connectivity index (χ2v) is 10.2. The third-order valence-corrected chi connectivity index (χ3v) is 7.15. The molecule has 0 saturated carbocycles. The second-order valence-electron chi connectivity index (χ2n) is 10.2. The maximum Gasteiger partial charge on any atom is 0.356 e. The molecule has 6 rings (SSSR count). The molecule has 10 heteroatoms. The van der Waals surface area contributed by atoms with Gasteiger partial charge in [-0.2, -0.15) is 0 Å². The molecule has 2 aliphatic carbocycles. The van der Waals surface area contributed by atoms with Crippen molar-refractivity contribution in [3.63, 3.8) is 0 Å².